The van der Waals surface area contributed by atoms with Gasteiger partial charge in [0.1, 0.15) is 18.3 Å². The quantitative estimate of drug-likeness (QED) is 0.877. The van der Waals surface area contributed by atoms with Gasteiger partial charge in [0.15, 0.2) is 0 Å². The average molecular weight is 326 g/mol. The standard InChI is InChI=1S/C19H19FN2O2/c1-19(2,12-24-18(23)15-9-5-6-10-16(15)20)22-17-14-8-4-3-7-13(14)11-21-17/h3-10H,11-12H2,1-2H3,(H,21,22). The zero-order chi connectivity index (χ0) is 17.2. The van der Waals surface area contributed by atoms with Crippen molar-refractivity contribution in [3.05, 3.63) is 71.0 Å². The second kappa shape index (κ2) is 6.43. The van der Waals surface area contributed by atoms with Crippen LogP contribution >= 0.6 is 0 Å². The Balaban J connectivity index is 1.63. The molecule has 1 heterocycles. The molecule has 0 spiro atoms. The van der Waals surface area contributed by atoms with Gasteiger partial charge in [0.25, 0.3) is 0 Å². The Hall–Kier alpha value is -2.69. The molecular formula is C19H19FN2O2. The normalized spacial score (nSPS) is 13.2. The topological polar surface area (TPSA) is 50.7 Å². The molecule has 124 valence electrons. The number of ether oxygens (including phenoxy) is 1. The molecule has 3 rings (SSSR count). The molecule has 1 aliphatic rings. The summed E-state index contributed by atoms with van der Waals surface area (Å²) in [5.74, 6) is -0.461. The van der Waals surface area contributed by atoms with Crippen LogP contribution in [0.3, 0.4) is 0 Å². The maximum Gasteiger partial charge on any atom is 0.341 e. The van der Waals surface area contributed by atoms with E-state index in [9.17, 15) is 9.18 Å². The van der Waals surface area contributed by atoms with E-state index in [1.54, 1.807) is 6.07 Å². The van der Waals surface area contributed by atoms with Gasteiger partial charge in [0.05, 0.1) is 17.6 Å². The third-order valence-electron chi connectivity index (χ3n) is 3.79. The lowest BCUT2D eigenvalue weighted by Crippen LogP contribution is -2.47. The lowest BCUT2D eigenvalue weighted by molar-refractivity contribution is 0.0412. The number of carbonyl (C=O) groups excluding carboxylic acids is 1. The van der Waals surface area contributed by atoms with Crippen LogP contribution in [0.15, 0.2) is 53.5 Å². The molecule has 5 heteroatoms. The molecule has 24 heavy (non-hydrogen) atoms. The van der Waals surface area contributed by atoms with Crippen LogP contribution in [0.4, 0.5) is 4.39 Å². The van der Waals surface area contributed by atoms with Crippen molar-refractivity contribution in [2.45, 2.75) is 25.9 Å². The number of halogens is 1. The van der Waals surface area contributed by atoms with Crippen LogP contribution in [-0.4, -0.2) is 24.0 Å². The van der Waals surface area contributed by atoms with Crippen molar-refractivity contribution in [3.8, 4) is 0 Å². The first kappa shape index (κ1) is 16.2. The van der Waals surface area contributed by atoms with Gasteiger partial charge < -0.3 is 10.1 Å². The van der Waals surface area contributed by atoms with Crippen molar-refractivity contribution >= 4 is 11.8 Å². The summed E-state index contributed by atoms with van der Waals surface area (Å²) in [6.45, 7) is 4.56. The van der Waals surface area contributed by atoms with E-state index in [0.717, 1.165) is 11.4 Å². The molecule has 4 nitrogen and oxygen atoms in total. The molecule has 0 unspecified atom stereocenters. The van der Waals surface area contributed by atoms with Crippen LogP contribution in [0, 0.1) is 5.82 Å². The van der Waals surface area contributed by atoms with Gasteiger partial charge in [0, 0.05) is 5.56 Å². The van der Waals surface area contributed by atoms with Gasteiger partial charge in [-0.05, 0) is 31.5 Å². The fourth-order valence-electron chi connectivity index (χ4n) is 2.55. The predicted octanol–water partition coefficient (Wildman–Crippen LogP) is 3.31. The smallest absolute Gasteiger partial charge is 0.341 e. The SMILES string of the molecule is CC(C)(COC(=O)c1ccccc1F)NC1=NCc2ccccc21. The minimum absolute atomic E-state index is 0.0585. The van der Waals surface area contributed by atoms with E-state index < -0.39 is 17.3 Å². The number of rotatable bonds is 4. The monoisotopic (exact) mass is 326 g/mol. The van der Waals surface area contributed by atoms with E-state index in [0.29, 0.717) is 6.54 Å². The second-order valence-electron chi connectivity index (χ2n) is 6.39. The zero-order valence-electron chi connectivity index (χ0n) is 13.7. The summed E-state index contributed by atoms with van der Waals surface area (Å²) in [5, 5.41) is 3.31. The molecule has 2 aromatic carbocycles. The number of benzene rings is 2. The van der Waals surface area contributed by atoms with E-state index in [1.807, 2.05) is 38.1 Å². The Bertz CT molecular complexity index is 799. The summed E-state index contributed by atoms with van der Waals surface area (Å²) in [5.41, 5.74) is 1.64. The Morgan fingerprint density at radius 2 is 1.92 bits per heavy atom. The number of aliphatic imine (C=N–C) groups is 1. The highest BCUT2D eigenvalue weighted by molar-refractivity contribution is 6.02. The van der Waals surface area contributed by atoms with Gasteiger partial charge in [-0.1, -0.05) is 36.4 Å². The van der Waals surface area contributed by atoms with Crippen molar-refractivity contribution in [2.24, 2.45) is 4.99 Å². The highest BCUT2D eigenvalue weighted by Crippen LogP contribution is 2.19. The first-order valence-corrected chi connectivity index (χ1v) is 7.79. The first-order chi connectivity index (χ1) is 11.5. The van der Waals surface area contributed by atoms with Gasteiger partial charge in [-0.3, -0.25) is 4.99 Å². The molecular weight excluding hydrogens is 307 g/mol. The minimum Gasteiger partial charge on any atom is -0.460 e. The summed E-state index contributed by atoms with van der Waals surface area (Å²) in [6.07, 6.45) is 0. The van der Waals surface area contributed by atoms with Crippen LogP contribution in [0.5, 0.6) is 0 Å². The summed E-state index contributed by atoms with van der Waals surface area (Å²) < 4.78 is 18.9. The Kier molecular flexibility index (Phi) is 4.34. The Labute approximate surface area is 140 Å². The van der Waals surface area contributed by atoms with Crippen molar-refractivity contribution in [1.29, 1.82) is 0 Å². The van der Waals surface area contributed by atoms with Gasteiger partial charge in [-0.25, -0.2) is 9.18 Å². The van der Waals surface area contributed by atoms with E-state index in [4.69, 9.17) is 4.74 Å². The molecule has 0 aliphatic carbocycles. The van der Waals surface area contributed by atoms with Gasteiger partial charge in [-0.15, -0.1) is 0 Å². The molecule has 0 saturated heterocycles. The number of amidine groups is 1. The van der Waals surface area contributed by atoms with Crippen molar-refractivity contribution in [2.75, 3.05) is 6.61 Å². The summed E-state index contributed by atoms with van der Waals surface area (Å²) in [7, 11) is 0. The fourth-order valence-corrected chi connectivity index (χ4v) is 2.55. The van der Waals surface area contributed by atoms with Crippen molar-refractivity contribution in [1.82, 2.24) is 5.32 Å². The molecule has 0 aromatic heterocycles. The van der Waals surface area contributed by atoms with Crippen LogP contribution in [0.2, 0.25) is 0 Å². The molecule has 0 amide bonds. The minimum atomic E-state index is -0.670. The number of nitrogens with zero attached hydrogens (tertiary/aromatic N) is 1. The third-order valence-corrected chi connectivity index (χ3v) is 3.79. The van der Waals surface area contributed by atoms with E-state index in [2.05, 4.69) is 10.3 Å². The number of esters is 1. The Morgan fingerprint density at radius 1 is 1.21 bits per heavy atom. The molecule has 2 aromatic rings. The molecule has 0 saturated carbocycles. The van der Waals surface area contributed by atoms with Crippen molar-refractivity contribution < 1.29 is 13.9 Å². The maximum atomic E-state index is 13.6. The van der Waals surface area contributed by atoms with E-state index >= 15 is 0 Å². The van der Waals surface area contributed by atoms with Gasteiger partial charge in [-0.2, -0.15) is 0 Å². The number of nitrogens with one attached hydrogen (secondary N) is 1. The number of hydrogen-bond acceptors (Lipinski definition) is 4. The number of carbonyl (C=O) groups is 1. The predicted molar refractivity (Wildman–Crippen MR) is 90.6 cm³/mol. The van der Waals surface area contributed by atoms with Crippen LogP contribution in [0.25, 0.3) is 0 Å². The summed E-state index contributed by atoms with van der Waals surface area (Å²) >= 11 is 0. The van der Waals surface area contributed by atoms with Crippen molar-refractivity contribution in [3.63, 3.8) is 0 Å². The fraction of sp³-hybridized carbons (Fsp3) is 0.263. The van der Waals surface area contributed by atoms with E-state index in [-0.39, 0.29) is 12.2 Å². The largest absolute Gasteiger partial charge is 0.460 e. The highest BCUT2D eigenvalue weighted by Gasteiger charge is 2.26. The van der Waals surface area contributed by atoms with Gasteiger partial charge in [0.2, 0.25) is 0 Å². The lowest BCUT2D eigenvalue weighted by Gasteiger charge is -2.27. The average Bonchev–Trinajstić information content (AvgIpc) is 2.96. The number of hydrogen-bond donors (Lipinski definition) is 1. The van der Waals surface area contributed by atoms with Gasteiger partial charge >= 0.3 is 5.97 Å². The summed E-state index contributed by atoms with van der Waals surface area (Å²) in [4.78, 5) is 16.5. The highest BCUT2D eigenvalue weighted by atomic mass is 19.1. The van der Waals surface area contributed by atoms with Crippen LogP contribution in [0.1, 0.15) is 35.3 Å². The second-order valence-corrected chi connectivity index (χ2v) is 6.39. The molecule has 0 fully saturated rings. The molecule has 1 N–H and O–H groups in total. The maximum absolute atomic E-state index is 13.6. The zero-order valence-corrected chi connectivity index (χ0v) is 13.7. The molecule has 0 atom stereocenters. The third kappa shape index (κ3) is 3.45. The van der Waals surface area contributed by atoms with Crippen LogP contribution < -0.4 is 5.32 Å². The molecule has 1 aliphatic heterocycles. The van der Waals surface area contributed by atoms with E-state index in [1.165, 1.54) is 23.8 Å². The Morgan fingerprint density at radius 3 is 2.71 bits per heavy atom. The lowest BCUT2D eigenvalue weighted by atomic mass is 10.0. The molecule has 0 bridgehead atoms. The number of fused-ring (bicyclic) bond motifs is 1. The first-order valence-electron chi connectivity index (χ1n) is 7.79. The summed E-state index contributed by atoms with van der Waals surface area (Å²) in [6, 6.07) is 13.8. The molecule has 0 radical (unpaired) electrons. The van der Waals surface area contributed by atoms with Crippen LogP contribution in [-0.2, 0) is 11.3 Å².